The Morgan fingerprint density at radius 2 is 2.12 bits per heavy atom. The van der Waals surface area contributed by atoms with Crippen LogP contribution in [-0.4, -0.2) is 49.2 Å². The van der Waals surface area contributed by atoms with Crippen molar-refractivity contribution in [3.63, 3.8) is 0 Å². The number of anilines is 3. The summed E-state index contributed by atoms with van der Waals surface area (Å²) in [5.41, 5.74) is 2.92. The molecule has 7 nitrogen and oxygen atoms in total. The zero-order valence-corrected chi connectivity index (χ0v) is 15.5. The maximum absolute atomic E-state index is 12.8. The summed E-state index contributed by atoms with van der Waals surface area (Å²) in [5, 5.41) is 3.31. The van der Waals surface area contributed by atoms with E-state index >= 15 is 0 Å². The first-order chi connectivity index (χ1) is 12.6. The third kappa shape index (κ3) is 3.94. The van der Waals surface area contributed by atoms with E-state index in [1.54, 1.807) is 4.90 Å². The summed E-state index contributed by atoms with van der Waals surface area (Å²) in [6.07, 6.45) is 1.53. The van der Waals surface area contributed by atoms with Gasteiger partial charge in [0.1, 0.15) is 18.0 Å². The second-order valence-electron chi connectivity index (χ2n) is 6.32. The van der Waals surface area contributed by atoms with E-state index < -0.39 is 0 Å². The maximum atomic E-state index is 12.8. The fraction of sp³-hybridized carbons (Fsp3) is 0.421. The number of ether oxygens (including phenoxy) is 1. The highest BCUT2D eigenvalue weighted by Crippen LogP contribution is 2.30. The number of benzene rings is 1. The summed E-state index contributed by atoms with van der Waals surface area (Å²) < 4.78 is 5.38. The lowest BCUT2D eigenvalue weighted by Crippen LogP contribution is -2.35. The molecule has 0 saturated carbocycles. The van der Waals surface area contributed by atoms with E-state index in [-0.39, 0.29) is 12.5 Å². The predicted molar refractivity (Wildman–Crippen MR) is 103 cm³/mol. The minimum Gasteiger partial charge on any atom is -0.380 e. The lowest BCUT2D eigenvalue weighted by Gasteiger charge is -2.22. The Hall–Kier alpha value is -2.67. The van der Waals surface area contributed by atoms with Gasteiger partial charge in [0.05, 0.1) is 25.3 Å². The van der Waals surface area contributed by atoms with Crippen molar-refractivity contribution in [1.29, 1.82) is 0 Å². The number of fused-ring (bicyclic) bond motifs is 1. The number of hydrogen-bond donors (Lipinski definition) is 1. The molecule has 3 rings (SSSR count). The van der Waals surface area contributed by atoms with Crippen LogP contribution in [0.5, 0.6) is 0 Å². The highest BCUT2D eigenvalue weighted by molar-refractivity contribution is 5.97. The average molecular weight is 355 g/mol. The number of carbonyl (C=O) groups excluding carboxylic acids is 1. The van der Waals surface area contributed by atoms with E-state index in [1.807, 2.05) is 50.1 Å². The van der Waals surface area contributed by atoms with Gasteiger partial charge >= 0.3 is 0 Å². The summed E-state index contributed by atoms with van der Waals surface area (Å²) in [7, 11) is 1.88. The topological polar surface area (TPSA) is 70.6 Å². The highest BCUT2D eigenvalue weighted by Gasteiger charge is 2.28. The molecule has 1 N–H and O–H groups in total. The Balaban J connectivity index is 1.92. The Morgan fingerprint density at radius 1 is 1.27 bits per heavy atom. The van der Waals surface area contributed by atoms with Gasteiger partial charge in [0.25, 0.3) is 0 Å². The number of aromatic nitrogens is 2. The van der Waals surface area contributed by atoms with E-state index in [0.29, 0.717) is 26.3 Å². The standard InChI is InChI=1S/C19H25N5O2/c1-4-26-9-8-20-18-16-11-24(15-7-5-6-14(2)10-15)17(25)12-23(3)19(16)22-13-21-18/h5-7,10,13H,4,8-9,11-12H2,1-3H3,(H,20,21,22). The van der Waals surface area contributed by atoms with Gasteiger partial charge in [-0.15, -0.1) is 0 Å². The molecule has 1 aromatic carbocycles. The van der Waals surface area contributed by atoms with Crippen LogP contribution in [0.1, 0.15) is 18.1 Å². The molecule has 1 aliphatic rings. The molecule has 1 amide bonds. The minimum atomic E-state index is 0.0383. The first-order valence-electron chi connectivity index (χ1n) is 8.83. The van der Waals surface area contributed by atoms with Crippen LogP contribution < -0.4 is 15.1 Å². The number of carbonyl (C=O) groups is 1. The van der Waals surface area contributed by atoms with Crippen molar-refractivity contribution in [2.24, 2.45) is 0 Å². The average Bonchev–Trinajstić information content (AvgIpc) is 2.75. The van der Waals surface area contributed by atoms with Crippen molar-refractivity contribution in [3.8, 4) is 0 Å². The summed E-state index contributed by atoms with van der Waals surface area (Å²) in [6, 6.07) is 7.97. The monoisotopic (exact) mass is 355 g/mol. The lowest BCUT2D eigenvalue weighted by molar-refractivity contribution is -0.117. The molecule has 2 aromatic rings. The van der Waals surface area contributed by atoms with Crippen LogP contribution in [0, 0.1) is 6.92 Å². The molecule has 1 aromatic heterocycles. The van der Waals surface area contributed by atoms with Crippen LogP contribution in [0.25, 0.3) is 0 Å². The second-order valence-corrected chi connectivity index (χ2v) is 6.32. The SMILES string of the molecule is CCOCCNc1ncnc2c1CN(c1cccc(C)c1)C(=O)CN2C. The second kappa shape index (κ2) is 8.14. The molecule has 2 heterocycles. The maximum Gasteiger partial charge on any atom is 0.246 e. The molecule has 26 heavy (non-hydrogen) atoms. The Bertz CT molecular complexity index is 780. The van der Waals surface area contributed by atoms with Gasteiger partial charge < -0.3 is 19.9 Å². The van der Waals surface area contributed by atoms with Crippen molar-refractivity contribution in [1.82, 2.24) is 9.97 Å². The number of likely N-dealkylation sites (N-methyl/N-ethyl adjacent to an activating group) is 1. The number of hydrogen-bond acceptors (Lipinski definition) is 6. The number of amides is 1. The molecule has 0 fully saturated rings. The summed E-state index contributed by atoms with van der Waals surface area (Å²) >= 11 is 0. The van der Waals surface area contributed by atoms with E-state index in [0.717, 1.165) is 28.5 Å². The van der Waals surface area contributed by atoms with Gasteiger partial charge in [-0.3, -0.25) is 4.79 Å². The lowest BCUT2D eigenvalue weighted by atomic mass is 10.2. The quantitative estimate of drug-likeness (QED) is 0.801. The van der Waals surface area contributed by atoms with Crippen molar-refractivity contribution in [2.45, 2.75) is 20.4 Å². The normalized spacial score (nSPS) is 14.2. The van der Waals surface area contributed by atoms with Crippen LogP contribution in [0.15, 0.2) is 30.6 Å². The molecule has 0 spiro atoms. The van der Waals surface area contributed by atoms with E-state index in [4.69, 9.17) is 4.74 Å². The molecule has 0 atom stereocenters. The number of aryl methyl sites for hydroxylation is 1. The molecular weight excluding hydrogens is 330 g/mol. The van der Waals surface area contributed by atoms with Gasteiger partial charge in [-0.1, -0.05) is 12.1 Å². The fourth-order valence-corrected chi connectivity index (χ4v) is 3.06. The molecule has 0 aliphatic carbocycles. The number of nitrogens with one attached hydrogen (secondary N) is 1. The number of rotatable bonds is 6. The first kappa shape index (κ1) is 18.1. The first-order valence-corrected chi connectivity index (χ1v) is 8.83. The predicted octanol–water partition coefficient (Wildman–Crippen LogP) is 2.22. The molecule has 0 radical (unpaired) electrons. The molecular formula is C19H25N5O2. The van der Waals surface area contributed by atoms with Gasteiger partial charge in [-0.2, -0.15) is 0 Å². The third-order valence-corrected chi connectivity index (χ3v) is 4.33. The molecule has 7 heteroatoms. The number of nitrogens with zero attached hydrogens (tertiary/aromatic N) is 4. The molecule has 1 aliphatic heterocycles. The van der Waals surface area contributed by atoms with Gasteiger partial charge in [-0.25, -0.2) is 9.97 Å². The van der Waals surface area contributed by atoms with Crippen molar-refractivity contribution in [2.75, 3.05) is 48.5 Å². The zero-order valence-electron chi connectivity index (χ0n) is 15.5. The van der Waals surface area contributed by atoms with Gasteiger partial charge in [-0.05, 0) is 31.5 Å². The minimum absolute atomic E-state index is 0.0383. The van der Waals surface area contributed by atoms with Gasteiger partial charge in [0, 0.05) is 25.9 Å². The van der Waals surface area contributed by atoms with Crippen molar-refractivity contribution in [3.05, 3.63) is 41.7 Å². The summed E-state index contributed by atoms with van der Waals surface area (Å²) in [4.78, 5) is 25.3. The summed E-state index contributed by atoms with van der Waals surface area (Å²) in [5.74, 6) is 1.56. The van der Waals surface area contributed by atoms with E-state index in [2.05, 4.69) is 15.3 Å². The van der Waals surface area contributed by atoms with E-state index in [1.165, 1.54) is 6.33 Å². The Kier molecular flexibility index (Phi) is 5.68. The summed E-state index contributed by atoms with van der Waals surface area (Å²) in [6.45, 7) is 6.63. The van der Waals surface area contributed by atoms with Crippen LogP contribution >= 0.6 is 0 Å². The molecule has 0 unspecified atom stereocenters. The largest absolute Gasteiger partial charge is 0.380 e. The Morgan fingerprint density at radius 3 is 2.88 bits per heavy atom. The van der Waals surface area contributed by atoms with Crippen molar-refractivity contribution < 1.29 is 9.53 Å². The zero-order chi connectivity index (χ0) is 18.5. The van der Waals surface area contributed by atoms with Crippen LogP contribution in [0.2, 0.25) is 0 Å². The van der Waals surface area contributed by atoms with E-state index in [9.17, 15) is 4.79 Å². The van der Waals surface area contributed by atoms with Gasteiger partial charge in [0.2, 0.25) is 5.91 Å². The Labute approximate surface area is 154 Å². The van der Waals surface area contributed by atoms with Crippen LogP contribution in [0.3, 0.4) is 0 Å². The third-order valence-electron chi connectivity index (χ3n) is 4.33. The molecule has 0 saturated heterocycles. The molecule has 0 bridgehead atoms. The van der Waals surface area contributed by atoms with Crippen molar-refractivity contribution >= 4 is 23.2 Å². The van der Waals surface area contributed by atoms with Crippen LogP contribution in [-0.2, 0) is 16.1 Å². The highest BCUT2D eigenvalue weighted by atomic mass is 16.5. The smallest absolute Gasteiger partial charge is 0.246 e. The van der Waals surface area contributed by atoms with Crippen LogP contribution in [0.4, 0.5) is 17.3 Å². The fourth-order valence-electron chi connectivity index (χ4n) is 3.06. The molecule has 138 valence electrons. The van der Waals surface area contributed by atoms with Gasteiger partial charge in [0.15, 0.2) is 0 Å².